The molecule has 0 heterocycles. The van der Waals surface area contributed by atoms with Crippen LogP contribution in [0.5, 0.6) is 11.5 Å². The fraction of sp³-hybridized carbons (Fsp3) is 0.250. The first kappa shape index (κ1) is 27.2. The van der Waals surface area contributed by atoms with Gasteiger partial charge in [0.25, 0.3) is 5.69 Å². The molecular weight excluding hydrogens is 536 g/mol. The maximum absolute atomic E-state index is 10.8. The highest BCUT2D eigenvalue weighted by atomic mass is 35.5. The molecule has 0 aliphatic rings. The first-order valence-corrected chi connectivity index (χ1v) is 12.2. The number of anilines is 1. The van der Waals surface area contributed by atoms with E-state index in [2.05, 4.69) is 10.6 Å². The first-order valence-electron chi connectivity index (χ1n) is 10.7. The third-order valence-corrected chi connectivity index (χ3v) is 6.05. The van der Waals surface area contributed by atoms with E-state index in [4.69, 9.17) is 55.9 Å². The van der Waals surface area contributed by atoms with Gasteiger partial charge >= 0.3 is 0 Å². The van der Waals surface area contributed by atoms with Crippen molar-refractivity contribution in [2.24, 2.45) is 0 Å². The molecule has 11 heteroatoms. The Morgan fingerprint density at radius 1 is 0.914 bits per heavy atom. The van der Waals surface area contributed by atoms with Gasteiger partial charge in [-0.1, -0.05) is 52.5 Å². The summed E-state index contributed by atoms with van der Waals surface area (Å²) in [6, 6.07) is 13.2. The second-order valence-electron chi connectivity index (χ2n) is 7.39. The number of nitro benzene ring substituents is 1. The Morgan fingerprint density at radius 3 is 2.40 bits per heavy atom. The van der Waals surface area contributed by atoms with Gasteiger partial charge < -0.3 is 20.1 Å². The van der Waals surface area contributed by atoms with E-state index >= 15 is 0 Å². The largest absolute Gasteiger partial charge is 0.490 e. The molecule has 35 heavy (non-hydrogen) atoms. The lowest BCUT2D eigenvalue weighted by Gasteiger charge is -2.16. The summed E-state index contributed by atoms with van der Waals surface area (Å²) in [5.74, 6) is 0.982. The van der Waals surface area contributed by atoms with E-state index in [-0.39, 0.29) is 12.3 Å². The van der Waals surface area contributed by atoms with Crippen molar-refractivity contribution in [3.05, 3.63) is 89.9 Å². The smallest absolute Gasteiger partial charge is 0.271 e. The zero-order chi connectivity index (χ0) is 25.4. The minimum absolute atomic E-state index is 0.0515. The van der Waals surface area contributed by atoms with Gasteiger partial charge in [0.05, 0.1) is 27.3 Å². The Labute approximate surface area is 223 Å². The monoisotopic (exact) mass is 557 g/mol. The van der Waals surface area contributed by atoms with Crippen LogP contribution in [0.4, 0.5) is 11.4 Å². The van der Waals surface area contributed by atoms with Gasteiger partial charge in [-0.2, -0.15) is 0 Å². The van der Waals surface area contributed by atoms with E-state index in [1.54, 1.807) is 24.3 Å². The van der Waals surface area contributed by atoms with Crippen LogP contribution in [0.3, 0.4) is 0 Å². The van der Waals surface area contributed by atoms with E-state index in [9.17, 15) is 10.1 Å². The summed E-state index contributed by atoms with van der Waals surface area (Å²) < 4.78 is 11.7. The summed E-state index contributed by atoms with van der Waals surface area (Å²) in [6.07, 6.45) is 0. The van der Waals surface area contributed by atoms with Gasteiger partial charge in [0.1, 0.15) is 6.61 Å². The molecule has 3 aromatic carbocycles. The molecule has 0 saturated carbocycles. The molecule has 0 atom stereocenters. The van der Waals surface area contributed by atoms with Crippen molar-refractivity contribution in [3.63, 3.8) is 0 Å². The van der Waals surface area contributed by atoms with Gasteiger partial charge in [-0.3, -0.25) is 10.1 Å². The summed E-state index contributed by atoms with van der Waals surface area (Å²) in [5.41, 5.74) is 2.28. The maximum atomic E-state index is 10.8. The normalized spacial score (nSPS) is 10.8. The average molecular weight is 559 g/mol. The van der Waals surface area contributed by atoms with Crippen LogP contribution >= 0.6 is 46.4 Å². The molecule has 0 bridgehead atoms. The van der Waals surface area contributed by atoms with Gasteiger partial charge in [-0.25, -0.2) is 0 Å². The van der Waals surface area contributed by atoms with Crippen molar-refractivity contribution in [1.82, 2.24) is 5.32 Å². The zero-order valence-corrected chi connectivity index (χ0v) is 21.8. The molecule has 0 aliphatic heterocycles. The number of nitrogens with zero attached hydrogens (tertiary/aromatic N) is 1. The SMILES string of the molecule is CCOc1cc(CNCCNc2ccc([N+](=O)[O-])cc2Cl)cc(Cl)c1OCc1ccc(Cl)cc1Cl. The molecule has 0 spiro atoms. The Hall–Kier alpha value is -2.42. The topological polar surface area (TPSA) is 85.7 Å². The van der Waals surface area contributed by atoms with Crippen molar-refractivity contribution in [2.75, 3.05) is 25.0 Å². The van der Waals surface area contributed by atoms with Gasteiger partial charge in [0, 0.05) is 47.4 Å². The molecule has 0 unspecified atom stereocenters. The lowest BCUT2D eigenvalue weighted by Crippen LogP contribution is -2.22. The summed E-state index contributed by atoms with van der Waals surface area (Å²) in [6.45, 7) is 4.26. The fourth-order valence-corrected chi connectivity index (χ4v) is 4.19. The molecule has 0 aliphatic carbocycles. The molecule has 7 nitrogen and oxygen atoms in total. The van der Waals surface area contributed by atoms with Crippen LogP contribution in [0, 0.1) is 10.1 Å². The third kappa shape index (κ3) is 7.78. The molecule has 186 valence electrons. The Bertz CT molecular complexity index is 1190. The van der Waals surface area contributed by atoms with Crippen LogP contribution in [0.1, 0.15) is 18.1 Å². The lowest BCUT2D eigenvalue weighted by molar-refractivity contribution is -0.384. The second-order valence-corrected chi connectivity index (χ2v) is 9.05. The quantitative estimate of drug-likeness (QED) is 0.137. The highest BCUT2D eigenvalue weighted by Crippen LogP contribution is 2.38. The number of ether oxygens (including phenoxy) is 2. The van der Waals surface area contributed by atoms with Crippen LogP contribution in [0.15, 0.2) is 48.5 Å². The van der Waals surface area contributed by atoms with Crippen LogP contribution in [-0.2, 0) is 13.2 Å². The molecule has 0 saturated heterocycles. The van der Waals surface area contributed by atoms with E-state index in [0.29, 0.717) is 63.5 Å². The zero-order valence-electron chi connectivity index (χ0n) is 18.7. The van der Waals surface area contributed by atoms with E-state index in [1.165, 1.54) is 12.1 Å². The Balaban J connectivity index is 1.56. The number of rotatable bonds is 12. The van der Waals surface area contributed by atoms with Gasteiger partial charge in [0.15, 0.2) is 11.5 Å². The molecule has 0 fully saturated rings. The summed E-state index contributed by atoms with van der Waals surface area (Å²) >= 11 is 24.8. The fourth-order valence-electron chi connectivity index (χ4n) is 3.19. The lowest BCUT2D eigenvalue weighted by atomic mass is 10.2. The molecule has 0 radical (unpaired) electrons. The van der Waals surface area contributed by atoms with E-state index in [0.717, 1.165) is 11.1 Å². The minimum Gasteiger partial charge on any atom is -0.490 e. The minimum atomic E-state index is -0.484. The van der Waals surface area contributed by atoms with Gasteiger partial charge in [-0.15, -0.1) is 0 Å². The van der Waals surface area contributed by atoms with Crippen LogP contribution < -0.4 is 20.1 Å². The maximum Gasteiger partial charge on any atom is 0.271 e. The Kier molecular flexibility index (Phi) is 10.1. The standard InChI is InChI=1S/C24H23Cl4N3O4/c1-2-34-23-10-15(9-21(28)24(23)35-14-16-3-4-17(25)11-19(16)26)13-29-7-8-30-22-6-5-18(31(32)33)12-20(22)27/h3-6,9-12,29-30H,2,7-8,13-14H2,1H3. The van der Waals surface area contributed by atoms with Crippen molar-refractivity contribution in [2.45, 2.75) is 20.1 Å². The summed E-state index contributed by atoms with van der Waals surface area (Å²) in [4.78, 5) is 10.3. The van der Waals surface area contributed by atoms with Crippen molar-refractivity contribution in [1.29, 1.82) is 0 Å². The number of hydrogen-bond donors (Lipinski definition) is 2. The summed E-state index contributed by atoms with van der Waals surface area (Å²) in [7, 11) is 0. The molecule has 3 aromatic rings. The number of nitrogens with one attached hydrogen (secondary N) is 2. The predicted molar refractivity (Wildman–Crippen MR) is 142 cm³/mol. The molecule has 2 N–H and O–H groups in total. The molecule has 0 aromatic heterocycles. The first-order chi connectivity index (χ1) is 16.8. The van der Waals surface area contributed by atoms with Crippen LogP contribution in [0.2, 0.25) is 20.1 Å². The van der Waals surface area contributed by atoms with Crippen molar-refractivity contribution < 1.29 is 14.4 Å². The van der Waals surface area contributed by atoms with Gasteiger partial charge in [-0.05, 0) is 42.8 Å². The third-order valence-electron chi connectivity index (χ3n) is 4.87. The molecular formula is C24H23Cl4N3O4. The van der Waals surface area contributed by atoms with Crippen LogP contribution in [0.25, 0.3) is 0 Å². The van der Waals surface area contributed by atoms with E-state index < -0.39 is 4.92 Å². The molecule has 0 amide bonds. The predicted octanol–water partition coefficient (Wildman–Crippen LogP) is 7.39. The number of non-ortho nitro benzene ring substituents is 1. The number of benzene rings is 3. The number of hydrogen-bond acceptors (Lipinski definition) is 6. The average Bonchev–Trinajstić information content (AvgIpc) is 2.80. The van der Waals surface area contributed by atoms with Crippen molar-refractivity contribution in [3.8, 4) is 11.5 Å². The highest BCUT2D eigenvalue weighted by Gasteiger charge is 2.14. The second kappa shape index (κ2) is 13.0. The number of halogens is 4. The molecule has 3 rings (SSSR count). The Morgan fingerprint density at radius 2 is 1.71 bits per heavy atom. The van der Waals surface area contributed by atoms with Crippen molar-refractivity contribution >= 4 is 57.8 Å². The highest BCUT2D eigenvalue weighted by molar-refractivity contribution is 6.35. The summed E-state index contributed by atoms with van der Waals surface area (Å²) in [5, 5.41) is 19.1. The van der Waals surface area contributed by atoms with E-state index in [1.807, 2.05) is 19.1 Å². The van der Waals surface area contributed by atoms with Gasteiger partial charge in [0.2, 0.25) is 0 Å². The number of nitro groups is 1. The van der Waals surface area contributed by atoms with Crippen LogP contribution in [-0.4, -0.2) is 24.6 Å².